The molecule has 2 heterocycles. The molecule has 4 heteroatoms. The van der Waals surface area contributed by atoms with Gasteiger partial charge in [0.25, 0.3) is 0 Å². The molecule has 0 N–H and O–H groups in total. The fraction of sp³-hybridized carbons (Fsp3) is 0.714. The number of hydrogen-bond donors (Lipinski definition) is 0. The van der Waals surface area contributed by atoms with Crippen LogP contribution >= 0.6 is 0 Å². The van der Waals surface area contributed by atoms with Gasteiger partial charge in [0.1, 0.15) is 0 Å². The molecule has 2 rings (SSSR count). The lowest BCUT2D eigenvalue weighted by atomic mass is 10.1. The van der Waals surface area contributed by atoms with E-state index in [2.05, 4.69) is 15.6 Å². The Balaban J connectivity index is 2.04. The highest BCUT2D eigenvalue weighted by Crippen LogP contribution is 2.14. The van der Waals surface area contributed by atoms with E-state index >= 15 is 0 Å². The third kappa shape index (κ3) is 1.40. The van der Waals surface area contributed by atoms with E-state index in [1.54, 1.807) is 6.20 Å². The molecule has 1 aromatic heterocycles. The first kappa shape index (κ1) is 6.79. The van der Waals surface area contributed by atoms with Gasteiger partial charge in [0.15, 0.2) is 0 Å². The lowest BCUT2D eigenvalue weighted by Gasteiger charge is -2.20. The van der Waals surface area contributed by atoms with Gasteiger partial charge in [-0.25, -0.2) is 10.00 Å². The van der Waals surface area contributed by atoms with Crippen LogP contribution < -0.4 is 5.32 Å². The molecule has 1 aromatic rings. The molecule has 1 atom stereocenters. The van der Waals surface area contributed by atoms with Crippen molar-refractivity contribution in [3.8, 4) is 0 Å². The van der Waals surface area contributed by atoms with Crippen LogP contribution in [0.2, 0.25) is 0 Å². The van der Waals surface area contributed by atoms with Crippen LogP contribution in [0.1, 0.15) is 18.9 Å². The van der Waals surface area contributed by atoms with E-state index < -0.39 is 0 Å². The fourth-order valence-corrected chi connectivity index (χ4v) is 1.40. The standard InChI is InChI=1S/C7H11N4/c1-2-7(6-8-3-1)11-5-4-9-10-11/h4-5,7H,1-3,6H2. The maximum Gasteiger partial charge on any atom is 0.0693 e. The zero-order valence-electron chi connectivity index (χ0n) is 6.35. The van der Waals surface area contributed by atoms with Gasteiger partial charge in [-0.1, -0.05) is 5.21 Å². The van der Waals surface area contributed by atoms with Gasteiger partial charge in [0, 0.05) is 19.3 Å². The molecule has 1 aliphatic rings. The molecule has 1 unspecified atom stereocenters. The van der Waals surface area contributed by atoms with E-state index in [4.69, 9.17) is 0 Å². The van der Waals surface area contributed by atoms with Gasteiger partial charge in [-0.3, -0.25) is 0 Å². The van der Waals surface area contributed by atoms with E-state index in [1.807, 2.05) is 10.9 Å². The average Bonchev–Trinajstić information content (AvgIpc) is 2.58. The molecule has 0 aliphatic carbocycles. The third-order valence-electron chi connectivity index (χ3n) is 2.01. The van der Waals surface area contributed by atoms with Gasteiger partial charge < -0.3 is 0 Å². The quantitative estimate of drug-likeness (QED) is 0.576. The maximum atomic E-state index is 4.33. The summed E-state index contributed by atoms with van der Waals surface area (Å²) >= 11 is 0. The topological polar surface area (TPSA) is 44.8 Å². The Morgan fingerprint density at radius 1 is 1.45 bits per heavy atom. The number of nitrogens with zero attached hydrogens (tertiary/aromatic N) is 4. The highest BCUT2D eigenvalue weighted by atomic mass is 15.4. The number of aromatic nitrogens is 3. The largest absolute Gasteiger partial charge is 0.248 e. The summed E-state index contributed by atoms with van der Waals surface area (Å²) in [5.74, 6) is 0. The molecule has 1 radical (unpaired) electrons. The first-order valence-corrected chi connectivity index (χ1v) is 3.96. The number of piperidine rings is 1. The summed E-state index contributed by atoms with van der Waals surface area (Å²) in [5, 5.41) is 12.0. The Kier molecular flexibility index (Phi) is 1.85. The molecule has 4 nitrogen and oxygen atoms in total. The molecule has 1 saturated heterocycles. The van der Waals surface area contributed by atoms with Crippen molar-refractivity contribution in [2.75, 3.05) is 13.1 Å². The Morgan fingerprint density at radius 3 is 3.09 bits per heavy atom. The van der Waals surface area contributed by atoms with Gasteiger partial charge in [-0.15, -0.1) is 5.10 Å². The van der Waals surface area contributed by atoms with Crippen molar-refractivity contribution in [3.63, 3.8) is 0 Å². The van der Waals surface area contributed by atoms with Crippen molar-refractivity contribution in [2.24, 2.45) is 0 Å². The third-order valence-corrected chi connectivity index (χ3v) is 2.01. The Labute approximate surface area is 65.6 Å². The second-order valence-corrected chi connectivity index (χ2v) is 2.81. The van der Waals surface area contributed by atoms with Gasteiger partial charge in [0.05, 0.1) is 12.2 Å². The van der Waals surface area contributed by atoms with Crippen LogP contribution in [0.15, 0.2) is 12.4 Å². The van der Waals surface area contributed by atoms with Crippen LogP contribution in [0.25, 0.3) is 0 Å². The summed E-state index contributed by atoms with van der Waals surface area (Å²) in [7, 11) is 0. The van der Waals surface area contributed by atoms with Crippen LogP contribution in [-0.2, 0) is 0 Å². The zero-order chi connectivity index (χ0) is 7.52. The fourth-order valence-electron chi connectivity index (χ4n) is 1.40. The predicted octanol–water partition coefficient (Wildman–Crippen LogP) is 0.217. The smallest absolute Gasteiger partial charge is 0.0693 e. The summed E-state index contributed by atoms with van der Waals surface area (Å²) in [6.07, 6.45) is 6.00. The predicted molar refractivity (Wildman–Crippen MR) is 40.2 cm³/mol. The Bertz CT molecular complexity index is 200. The molecule has 0 spiro atoms. The van der Waals surface area contributed by atoms with Gasteiger partial charge in [0.2, 0.25) is 0 Å². The first-order valence-electron chi connectivity index (χ1n) is 3.96. The average molecular weight is 151 g/mol. The molecule has 59 valence electrons. The number of rotatable bonds is 1. The van der Waals surface area contributed by atoms with E-state index in [-0.39, 0.29) is 0 Å². The van der Waals surface area contributed by atoms with Crippen LogP contribution in [-0.4, -0.2) is 28.1 Å². The Hall–Kier alpha value is -0.900. The van der Waals surface area contributed by atoms with E-state index in [9.17, 15) is 0 Å². The molecule has 1 fully saturated rings. The lowest BCUT2D eigenvalue weighted by molar-refractivity contribution is 0.337. The zero-order valence-corrected chi connectivity index (χ0v) is 6.35. The van der Waals surface area contributed by atoms with Gasteiger partial charge in [-0.05, 0) is 12.8 Å². The molecular weight excluding hydrogens is 140 g/mol. The molecular formula is C7H11N4. The number of hydrogen-bond acceptors (Lipinski definition) is 2. The molecule has 0 amide bonds. The van der Waals surface area contributed by atoms with Gasteiger partial charge in [-0.2, -0.15) is 0 Å². The van der Waals surface area contributed by atoms with Crippen molar-refractivity contribution in [3.05, 3.63) is 12.4 Å². The van der Waals surface area contributed by atoms with E-state index in [0.29, 0.717) is 6.04 Å². The second-order valence-electron chi connectivity index (χ2n) is 2.81. The summed E-state index contributed by atoms with van der Waals surface area (Å²) < 4.78 is 1.91. The first-order chi connectivity index (χ1) is 5.47. The molecule has 0 aromatic carbocycles. The van der Waals surface area contributed by atoms with Crippen LogP contribution in [0.3, 0.4) is 0 Å². The van der Waals surface area contributed by atoms with Crippen molar-refractivity contribution in [2.45, 2.75) is 18.9 Å². The maximum absolute atomic E-state index is 4.33. The monoisotopic (exact) mass is 151 g/mol. The van der Waals surface area contributed by atoms with Crippen LogP contribution in [0.4, 0.5) is 0 Å². The highest BCUT2D eigenvalue weighted by Gasteiger charge is 2.15. The molecule has 0 saturated carbocycles. The minimum atomic E-state index is 0.464. The van der Waals surface area contributed by atoms with Gasteiger partial charge >= 0.3 is 0 Å². The van der Waals surface area contributed by atoms with Crippen molar-refractivity contribution < 1.29 is 0 Å². The normalized spacial score (nSPS) is 25.3. The van der Waals surface area contributed by atoms with Crippen LogP contribution in [0, 0.1) is 0 Å². The van der Waals surface area contributed by atoms with Crippen LogP contribution in [0.5, 0.6) is 0 Å². The van der Waals surface area contributed by atoms with Crippen molar-refractivity contribution in [1.29, 1.82) is 0 Å². The lowest BCUT2D eigenvalue weighted by Crippen LogP contribution is -2.27. The summed E-state index contributed by atoms with van der Waals surface area (Å²) in [5.41, 5.74) is 0. The minimum Gasteiger partial charge on any atom is -0.248 e. The second kappa shape index (κ2) is 3.00. The molecule has 1 aliphatic heterocycles. The summed E-state index contributed by atoms with van der Waals surface area (Å²) in [6.45, 7) is 1.93. The van der Waals surface area contributed by atoms with Crippen molar-refractivity contribution in [1.82, 2.24) is 20.3 Å². The Morgan fingerprint density at radius 2 is 2.45 bits per heavy atom. The SMILES string of the molecule is c1cn(C2CCC[N]C2)nn1. The molecule has 0 bridgehead atoms. The summed E-state index contributed by atoms with van der Waals surface area (Å²) in [4.78, 5) is 0. The summed E-state index contributed by atoms with van der Waals surface area (Å²) in [6, 6.07) is 0.464. The van der Waals surface area contributed by atoms with Crippen molar-refractivity contribution >= 4 is 0 Å². The van der Waals surface area contributed by atoms with E-state index in [0.717, 1.165) is 13.1 Å². The highest BCUT2D eigenvalue weighted by molar-refractivity contribution is 4.76. The molecule has 11 heavy (non-hydrogen) atoms. The minimum absolute atomic E-state index is 0.464. The van der Waals surface area contributed by atoms with E-state index in [1.165, 1.54) is 12.8 Å².